The predicted octanol–water partition coefficient (Wildman–Crippen LogP) is 2.58. The highest BCUT2D eigenvalue weighted by molar-refractivity contribution is 5.64. The monoisotopic (exact) mass is 234 g/mol. The summed E-state index contributed by atoms with van der Waals surface area (Å²) >= 11 is 0. The van der Waals surface area contributed by atoms with Crippen LogP contribution >= 0.6 is 0 Å². The number of nitriles is 1. The molecule has 4 heteroatoms. The minimum absolute atomic E-state index is 0.640. The molecule has 0 bridgehead atoms. The first kappa shape index (κ1) is 10.5. The van der Waals surface area contributed by atoms with Crippen LogP contribution in [0.25, 0.3) is 16.9 Å². The predicted molar refractivity (Wildman–Crippen MR) is 67.9 cm³/mol. The Balaban J connectivity index is 2.28. The Morgan fingerprint density at radius 2 is 2.00 bits per heavy atom. The van der Waals surface area contributed by atoms with Crippen LogP contribution in [0.4, 0.5) is 0 Å². The van der Waals surface area contributed by atoms with Gasteiger partial charge in [-0.3, -0.25) is 0 Å². The maximum absolute atomic E-state index is 8.94. The molecule has 1 aromatic carbocycles. The Hall–Kier alpha value is -2.67. The molecule has 0 radical (unpaired) electrons. The summed E-state index contributed by atoms with van der Waals surface area (Å²) in [6, 6.07) is 15.4. The summed E-state index contributed by atoms with van der Waals surface area (Å²) in [6.45, 7) is 1.86. The molecular formula is C14H10N4. The van der Waals surface area contributed by atoms with Gasteiger partial charge in [-0.25, -0.2) is 9.50 Å². The van der Waals surface area contributed by atoms with Gasteiger partial charge in [-0.15, -0.1) is 0 Å². The lowest BCUT2D eigenvalue weighted by Crippen LogP contribution is -1.94. The maximum Gasteiger partial charge on any atom is 0.156 e. The van der Waals surface area contributed by atoms with Gasteiger partial charge in [0.05, 0.1) is 17.3 Å². The summed E-state index contributed by atoms with van der Waals surface area (Å²) < 4.78 is 1.80. The fraction of sp³-hybridized carbons (Fsp3) is 0.0714. The summed E-state index contributed by atoms with van der Waals surface area (Å²) in [5.41, 5.74) is 3.35. The van der Waals surface area contributed by atoms with Crippen LogP contribution in [0.3, 0.4) is 0 Å². The third-order valence-electron chi connectivity index (χ3n) is 2.75. The van der Waals surface area contributed by atoms with Crippen LogP contribution in [-0.4, -0.2) is 14.6 Å². The largest absolute Gasteiger partial charge is 0.213 e. The van der Waals surface area contributed by atoms with E-state index in [0.29, 0.717) is 5.56 Å². The van der Waals surface area contributed by atoms with Crippen molar-refractivity contribution in [2.75, 3.05) is 0 Å². The maximum atomic E-state index is 8.94. The molecule has 18 heavy (non-hydrogen) atoms. The number of pyridine rings is 1. The number of nitrogens with zero attached hydrogens (tertiary/aromatic N) is 4. The molecule has 0 saturated carbocycles. The lowest BCUT2D eigenvalue weighted by Gasteiger charge is -2.04. The molecule has 3 aromatic rings. The topological polar surface area (TPSA) is 54.0 Å². The minimum Gasteiger partial charge on any atom is -0.213 e. The van der Waals surface area contributed by atoms with Gasteiger partial charge in [0.2, 0.25) is 0 Å². The quantitative estimate of drug-likeness (QED) is 0.650. The molecular weight excluding hydrogens is 224 g/mol. The van der Waals surface area contributed by atoms with Crippen molar-refractivity contribution < 1.29 is 0 Å². The van der Waals surface area contributed by atoms with Crippen molar-refractivity contribution in [2.24, 2.45) is 0 Å². The molecule has 0 saturated heterocycles. The Morgan fingerprint density at radius 3 is 2.83 bits per heavy atom. The van der Waals surface area contributed by atoms with Gasteiger partial charge in [0, 0.05) is 5.56 Å². The summed E-state index contributed by atoms with van der Waals surface area (Å²) in [6.07, 6.45) is 0. The van der Waals surface area contributed by atoms with Gasteiger partial charge < -0.3 is 0 Å². The molecule has 2 aromatic heterocycles. The third kappa shape index (κ3) is 1.62. The lowest BCUT2D eigenvalue weighted by molar-refractivity contribution is 0.938. The number of benzene rings is 1. The Morgan fingerprint density at radius 1 is 1.17 bits per heavy atom. The molecule has 86 valence electrons. The Bertz CT molecular complexity index is 765. The van der Waals surface area contributed by atoms with E-state index < -0.39 is 0 Å². The van der Waals surface area contributed by atoms with Crippen molar-refractivity contribution in [3.05, 3.63) is 53.9 Å². The molecule has 0 fully saturated rings. The SMILES string of the molecule is Cc1nc2cccc(-c3cccc(C#N)c3)n2n1. The highest BCUT2D eigenvalue weighted by Gasteiger charge is 2.06. The second kappa shape index (κ2) is 3.97. The zero-order chi connectivity index (χ0) is 12.5. The molecule has 2 heterocycles. The van der Waals surface area contributed by atoms with Gasteiger partial charge in [0.25, 0.3) is 0 Å². The second-order valence-electron chi connectivity index (χ2n) is 4.03. The standard InChI is InChI=1S/C14H10N4/c1-10-16-14-7-3-6-13(18(14)17-10)12-5-2-4-11(8-12)9-15/h2-8H,1H3. The van der Waals surface area contributed by atoms with E-state index in [-0.39, 0.29) is 0 Å². The number of hydrogen-bond donors (Lipinski definition) is 0. The van der Waals surface area contributed by atoms with E-state index in [9.17, 15) is 0 Å². The minimum atomic E-state index is 0.640. The van der Waals surface area contributed by atoms with Crippen molar-refractivity contribution in [2.45, 2.75) is 6.92 Å². The molecule has 0 N–H and O–H groups in total. The summed E-state index contributed by atoms with van der Waals surface area (Å²) in [4.78, 5) is 4.33. The first-order valence-electron chi connectivity index (χ1n) is 5.61. The molecule has 3 rings (SSSR count). The number of fused-ring (bicyclic) bond motifs is 1. The van der Waals surface area contributed by atoms with E-state index in [0.717, 1.165) is 22.7 Å². The first-order valence-corrected chi connectivity index (χ1v) is 5.61. The average Bonchev–Trinajstić information content (AvgIpc) is 2.78. The molecule has 0 atom stereocenters. The number of rotatable bonds is 1. The molecule has 0 aliphatic heterocycles. The zero-order valence-electron chi connectivity index (χ0n) is 9.83. The van der Waals surface area contributed by atoms with E-state index in [2.05, 4.69) is 16.2 Å². The normalized spacial score (nSPS) is 10.4. The van der Waals surface area contributed by atoms with E-state index in [1.807, 2.05) is 43.3 Å². The smallest absolute Gasteiger partial charge is 0.156 e. The molecule has 0 amide bonds. The van der Waals surface area contributed by atoms with Gasteiger partial charge in [-0.05, 0) is 31.2 Å². The molecule has 0 aliphatic rings. The van der Waals surface area contributed by atoms with Gasteiger partial charge in [-0.2, -0.15) is 10.4 Å². The Labute approximate surface area is 104 Å². The summed E-state index contributed by atoms with van der Waals surface area (Å²) in [5, 5.41) is 13.3. The summed E-state index contributed by atoms with van der Waals surface area (Å²) in [7, 11) is 0. The second-order valence-corrected chi connectivity index (χ2v) is 4.03. The van der Waals surface area contributed by atoms with Crippen LogP contribution in [0.1, 0.15) is 11.4 Å². The van der Waals surface area contributed by atoms with Gasteiger partial charge in [0.15, 0.2) is 5.65 Å². The molecule has 0 aliphatic carbocycles. The van der Waals surface area contributed by atoms with Crippen molar-refractivity contribution in [1.82, 2.24) is 14.6 Å². The molecule has 0 spiro atoms. The van der Waals surface area contributed by atoms with Crippen molar-refractivity contribution in [3.63, 3.8) is 0 Å². The van der Waals surface area contributed by atoms with Gasteiger partial charge in [0.1, 0.15) is 5.82 Å². The highest BCUT2D eigenvalue weighted by atomic mass is 15.3. The van der Waals surface area contributed by atoms with E-state index in [1.54, 1.807) is 10.6 Å². The van der Waals surface area contributed by atoms with E-state index in [4.69, 9.17) is 5.26 Å². The number of aromatic nitrogens is 3. The van der Waals surface area contributed by atoms with Crippen LogP contribution in [0.2, 0.25) is 0 Å². The van der Waals surface area contributed by atoms with Gasteiger partial charge >= 0.3 is 0 Å². The number of hydrogen-bond acceptors (Lipinski definition) is 3. The first-order chi connectivity index (χ1) is 8.78. The van der Waals surface area contributed by atoms with E-state index in [1.165, 1.54) is 0 Å². The van der Waals surface area contributed by atoms with Crippen LogP contribution in [0, 0.1) is 18.3 Å². The van der Waals surface area contributed by atoms with Gasteiger partial charge in [-0.1, -0.05) is 18.2 Å². The van der Waals surface area contributed by atoms with E-state index >= 15 is 0 Å². The average molecular weight is 234 g/mol. The zero-order valence-corrected chi connectivity index (χ0v) is 9.83. The Kier molecular flexibility index (Phi) is 2.31. The van der Waals surface area contributed by atoms with Crippen LogP contribution in [-0.2, 0) is 0 Å². The van der Waals surface area contributed by atoms with Crippen LogP contribution in [0.15, 0.2) is 42.5 Å². The van der Waals surface area contributed by atoms with Crippen molar-refractivity contribution in [1.29, 1.82) is 5.26 Å². The lowest BCUT2D eigenvalue weighted by atomic mass is 10.1. The fourth-order valence-electron chi connectivity index (χ4n) is 1.98. The third-order valence-corrected chi connectivity index (χ3v) is 2.75. The van der Waals surface area contributed by atoms with Crippen LogP contribution < -0.4 is 0 Å². The number of aryl methyl sites for hydroxylation is 1. The van der Waals surface area contributed by atoms with Crippen molar-refractivity contribution >= 4 is 5.65 Å². The summed E-state index contributed by atoms with van der Waals surface area (Å²) in [5.74, 6) is 0.735. The highest BCUT2D eigenvalue weighted by Crippen LogP contribution is 2.20. The van der Waals surface area contributed by atoms with Crippen LogP contribution in [0.5, 0.6) is 0 Å². The molecule has 4 nitrogen and oxygen atoms in total. The van der Waals surface area contributed by atoms with Crippen molar-refractivity contribution in [3.8, 4) is 17.3 Å². The molecule has 0 unspecified atom stereocenters. The fourth-order valence-corrected chi connectivity index (χ4v) is 1.98.